The molecule has 0 amide bonds. The van der Waals surface area contributed by atoms with E-state index in [0.29, 0.717) is 12.4 Å². The van der Waals surface area contributed by atoms with Gasteiger partial charge in [-0.3, -0.25) is 9.79 Å². The van der Waals surface area contributed by atoms with Gasteiger partial charge < -0.3 is 10.0 Å². The molecule has 1 rings (SSSR count). The van der Waals surface area contributed by atoms with E-state index in [4.69, 9.17) is 5.11 Å². The van der Waals surface area contributed by atoms with Gasteiger partial charge in [0.25, 0.3) is 0 Å². The van der Waals surface area contributed by atoms with Crippen molar-refractivity contribution >= 4 is 17.6 Å². The molecule has 0 saturated carbocycles. The molecule has 5 nitrogen and oxygen atoms in total. The lowest BCUT2D eigenvalue weighted by atomic mass is 10.4. The summed E-state index contributed by atoms with van der Waals surface area (Å²) in [6.45, 7) is 0.496. The second-order valence-corrected chi connectivity index (χ2v) is 2.73. The van der Waals surface area contributed by atoms with Crippen LogP contribution in [0.25, 0.3) is 0 Å². The first-order chi connectivity index (χ1) is 5.59. The van der Waals surface area contributed by atoms with Crippen LogP contribution in [0.5, 0.6) is 0 Å². The van der Waals surface area contributed by atoms with Crippen molar-refractivity contribution in [3.8, 4) is 0 Å². The zero-order valence-electron chi connectivity index (χ0n) is 7.11. The number of hydrogen-bond donors (Lipinski definition) is 1. The Balaban J connectivity index is 2.55. The van der Waals surface area contributed by atoms with E-state index >= 15 is 0 Å². The molecule has 0 aromatic heterocycles. The number of carboxylic acids is 1. The van der Waals surface area contributed by atoms with Gasteiger partial charge in [-0.05, 0) is 0 Å². The quantitative estimate of drug-likeness (QED) is 0.624. The molecule has 1 N–H and O–H groups in total. The molecule has 0 bridgehead atoms. The summed E-state index contributed by atoms with van der Waals surface area (Å²) in [6.07, 6.45) is -0.0860. The normalized spacial score (nSPS) is 15.5. The second-order valence-electron chi connectivity index (χ2n) is 2.73. The van der Waals surface area contributed by atoms with Crippen molar-refractivity contribution in [2.45, 2.75) is 6.42 Å². The van der Waals surface area contributed by atoms with Crippen molar-refractivity contribution < 1.29 is 9.90 Å². The molecule has 0 atom stereocenters. The monoisotopic (exact) mass is 169 g/mol. The third-order valence-corrected chi connectivity index (χ3v) is 1.49. The number of aliphatic carboxylic acids is 1. The Hall–Kier alpha value is -1.39. The van der Waals surface area contributed by atoms with E-state index in [1.54, 1.807) is 0 Å². The van der Waals surface area contributed by atoms with Crippen LogP contribution in [0.2, 0.25) is 0 Å². The van der Waals surface area contributed by atoms with Crippen LogP contribution < -0.4 is 0 Å². The number of aliphatic imine (C=N–C) groups is 2. The van der Waals surface area contributed by atoms with Crippen molar-refractivity contribution in [3.05, 3.63) is 0 Å². The SMILES string of the molecule is CN(C)C1=NC(CC(=O)O)=NC1. The predicted octanol–water partition coefficient (Wildman–Crippen LogP) is -0.167. The molecular formula is C7H11N3O2. The molecule has 0 aromatic rings. The fourth-order valence-electron chi connectivity index (χ4n) is 0.854. The standard InChI is InChI=1S/C7H11N3O2/c1-10(2)6-4-8-5(9-6)3-7(11)12/h3-4H2,1-2H3,(H,11,12). The molecule has 1 aliphatic rings. The fraction of sp³-hybridized carbons (Fsp3) is 0.571. The minimum Gasteiger partial charge on any atom is -0.481 e. The number of carboxylic acid groups (broad SMARTS) is 1. The van der Waals surface area contributed by atoms with Gasteiger partial charge >= 0.3 is 5.97 Å². The summed E-state index contributed by atoms with van der Waals surface area (Å²) >= 11 is 0. The lowest BCUT2D eigenvalue weighted by Crippen LogP contribution is -2.22. The maximum absolute atomic E-state index is 10.3. The minimum atomic E-state index is -0.891. The van der Waals surface area contributed by atoms with Crippen LogP contribution in [0.15, 0.2) is 9.98 Å². The summed E-state index contributed by atoms with van der Waals surface area (Å²) in [5, 5.41) is 8.44. The first kappa shape index (κ1) is 8.70. The average Bonchev–Trinajstić information content (AvgIpc) is 2.34. The molecule has 0 unspecified atom stereocenters. The summed E-state index contributed by atoms with van der Waals surface area (Å²) in [7, 11) is 3.72. The van der Waals surface area contributed by atoms with E-state index in [-0.39, 0.29) is 6.42 Å². The number of likely N-dealkylation sites (N-methyl/N-ethyl adjacent to an activating group) is 1. The summed E-state index contributed by atoms with van der Waals surface area (Å²) in [6, 6.07) is 0. The van der Waals surface area contributed by atoms with Crippen LogP contribution in [0, 0.1) is 0 Å². The van der Waals surface area contributed by atoms with E-state index in [1.165, 1.54) is 0 Å². The van der Waals surface area contributed by atoms with Gasteiger partial charge in [0.05, 0.1) is 6.54 Å². The number of rotatable bonds is 2. The largest absolute Gasteiger partial charge is 0.481 e. The molecule has 0 saturated heterocycles. The zero-order valence-corrected chi connectivity index (χ0v) is 7.11. The molecule has 12 heavy (non-hydrogen) atoms. The first-order valence-electron chi connectivity index (χ1n) is 3.59. The van der Waals surface area contributed by atoms with Crippen LogP contribution in [-0.2, 0) is 4.79 Å². The highest BCUT2D eigenvalue weighted by Crippen LogP contribution is 2.01. The Morgan fingerprint density at radius 1 is 1.67 bits per heavy atom. The molecule has 0 fully saturated rings. The van der Waals surface area contributed by atoms with E-state index in [9.17, 15) is 4.79 Å². The van der Waals surface area contributed by atoms with Gasteiger partial charge in [-0.1, -0.05) is 0 Å². The number of carbonyl (C=O) groups is 1. The topological polar surface area (TPSA) is 65.3 Å². The van der Waals surface area contributed by atoms with Crippen LogP contribution in [0.3, 0.4) is 0 Å². The highest BCUT2D eigenvalue weighted by molar-refractivity contribution is 6.08. The molecule has 0 aliphatic carbocycles. The summed E-state index contributed by atoms with van der Waals surface area (Å²) < 4.78 is 0. The highest BCUT2D eigenvalue weighted by atomic mass is 16.4. The summed E-state index contributed by atoms with van der Waals surface area (Å²) in [5.74, 6) is 0.329. The number of amidine groups is 2. The van der Waals surface area contributed by atoms with Crippen LogP contribution >= 0.6 is 0 Å². The van der Waals surface area contributed by atoms with Gasteiger partial charge in [0.1, 0.15) is 18.1 Å². The highest BCUT2D eigenvalue weighted by Gasteiger charge is 2.13. The Bertz CT molecular complexity index is 255. The molecule has 0 aromatic carbocycles. The lowest BCUT2D eigenvalue weighted by Gasteiger charge is -2.09. The Morgan fingerprint density at radius 3 is 2.75 bits per heavy atom. The lowest BCUT2D eigenvalue weighted by molar-refractivity contribution is -0.135. The van der Waals surface area contributed by atoms with Crippen molar-refractivity contribution in [1.29, 1.82) is 0 Å². The molecule has 1 heterocycles. The van der Waals surface area contributed by atoms with Crippen LogP contribution in [-0.4, -0.2) is 48.3 Å². The Morgan fingerprint density at radius 2 is 2.33 bits per heavy atom. The fourth-order valence-corrected chi connectivity index (χ4v) is 0.854. The molecule has 0 spiro atoms. The van der Waals surface area contributed by atoms with Gasteiger partial charge in [-0.15, -0.1) is 0 Å². The van der Waals surface area contributed by atoms with Crippen molar-refractivity contribution in [1.82, 2.24) is 4.90 Å². The molecular weight excluding hydrogens is 158 g/mol. The van der Waals surface area contributed by atoms with Gasteiger partial charge in [-0.2, -0.15) is 0 Å². The minimum absolute atomic E-state index is 0.0860. The van der Waals surface area contributed by atoms with E-state index in [1.807, 2.05) is 19.0 Å². The van der Waals surface area contributed by atoms with E-state index < -0.39 is 5.97 Å². The second kappa shape index (κ2) is 3.34. The van der Waals surface area contributed by atoms with E-state index in [0.717, 1.165) is 5.84 Å². The maximum atomic E-state index is 10.3. The van der Waals surface area contributed by atoms with Gasteiger partial charge in [-0.25, -0.2) is 4.99 Å². The molecule has 0 radical (unpaired) electrons. The Kier molecular flexibility index (Phi) is 2.42. The van der Waals surface area contributed by atoms with E-state index in [2.05, 4.69) is 9.98 Å². The van der Waals surface area contributed by atoms with Crippen molar-refractivity contribution in [2.24, 2.45) is 9.98 Å². The summed E-state index contributed by atoms with van der Waals surface area (Å²) in [4.78, 5) is 20.1. The van der Waals surface area contributed by atoms with Crippen molar-refractivity contribution in [2.75, 3.05) is 20.6 Å². The van der Waals surface area contributed by atoms with Crippen LogP contribution in [0.4, 0.5) is 0 Å². The molecule has 5 heteroatoms. The molecule has 1 aliphatic heterocycles. The smallest absolute Gasteiger partial charge is 0.311 e. The van der Waals surface area contributed by atoms with Crippen LogP contribution in [0.1, 0.15) is 6.42 Å². The molecule has 66 valence electrons. The average molecular weight is 169 g/mol. The maximum Gasteiger partial charge on any atom is 0.311 e. The first-order valence-corrected chi connectivity index (χ1v) is 3.59. The van der Waals surface area contributed by atoms with Gasteiger partial charge in [0, 0.05) is 14.1 Å². The van der Waals surface area contributed by atoms with Gasteiger partial charge in [0.2, 0.25) is 0 Å². The third kappa shape index (κ3) is 2.05. The third-order valence-electron chi connectivity index (χ3n) is 1.49. The number of nitrogens with zero attached hydrogens (tertiary/aromatic N) is 3. The van der Waals surface area contributed by atoms with Gasteiger partial charge in [0.15, 0.2) is 0 Å². The zero-order chi connectivity index (χ0) is 9.14. The number of hydrogen-bond acceptors (Lipinski definition) is 4. The Labute approximate surface area is 70.4 Å². The van der Waals surface area contributed by atoms with Crippen molar-refractivity contribution in [3.63, 3.8) is 0 Å². The predicted molar refractivity (Wildman–Crippen MR) is 45.7 cm³/mol. The summed E-state index contributed by atoms with van der Waals surface area (Å²) in [5.41, 5.74) is 0.